The maximum absolute atomic E-state index is 13.8. The van der Waals surface area contributed by atoms with Crippen molar-refractivity contribution in [3.63, 3.8) is 0 Å². The van der Waals surface area contributed by atoms with Gasteiger partial charge in [-0.1, -0.05) is 17.7 Å². The Hall–Kier alpha value is -2.59. The molecule has 0 bridgehead atoms. The highest BCUT2D eigenvalue weighted by molar-refractivity contribution is 7.86. The summed E-state index contributed by atoms with van der Waals surface area (Å²) in [6, 6.07) is 7.24. The topological polar surface area (TPSA) is 95.7 Å². The van der Waals surface area contributed by atoms with E-state index in [0.717, 1.165) is 11.6 Å². The third-order valence-electron chi connectivity index (χ3n) is 3.29. The Morgan fingerprint density at radius 1 is 1.15 bits per heavy atom. The zero-order valence-electron chi connectivity index (χ0n) is 13.8. The van der Waals surface area contributed by atoms with Gasteiger partial charge in [-0.3, -0.25) is 14.3 Å². The molecule has 2 aromatic carbocycles. The fourth-order valence-electron chi connectivity index (χ4n) is 2.01. The highest BCUT2D eigenvalue weighted by Crippen LogP contribution is 2.31. The SMILES string of the molecule is Cc1ccc(S(=O)(=O)O[C@H](C)COc2c([N+](=O)[O-])ccc(F)c2F)cc1. The third-order valence-corrected chi connectivity index (χ3v) is 4.72. The Morgan fingerprint density at radius 2 is 1.77 bits per heavy atom. The molecule has 7 nitrogen and oxygen atoms in total. The summed E-state index contributed by atoms with van der Waals surface area (Å²) in [5.74, 6) is -3.78. The zero-order valence-corrected chi connectivity index (χ0v) is 14.6. The average molecular weight is 387 g/mol. The van der Waals surface area contributed by atoms with Gasteiger partial charge in [0.25, 0.3) is 10.1 Å². The van der Waals surface area contributed by atoms with Crippen molar-refractivity contribution < 1.29 is 31.0 Å². The molecule has 0 saturated carbocycles. The lowest BCUT2D eigenvalue weighted by Gasteiger charge is -2.15. The predicted molar refractivity (Wildman–Crippen MR) is 87.4 cm³/mol. The van der Waals surface area contributed by atoms with Crippen LogP contribution < -0.4 is 4.74 Å². The van der Waals surface area contributed by atoms with E-state index in [1.54, 1.807) is 19.1 Å². The van der Waals surface area contributed by atoms with E-state index in [9.17, 15) is 27.3 Å². The summed E-state index contributed by atoms with van der Waals surface area (Å²) >= 11 is 0. The molecule has 0 aliphatic carbocycles. The molecule has 0 fully saturated rings. The van der Waals surface area contributed by atoms with E-state index in [1.165, 1.54) is 19.1 Å². The van der Waals surface area contributed by atoms with Crippen molar-refractivity contribution in [1.82, 2.24) is 0 Å². The predicted octanol–water partition coefficient (Wildman–Crippen LogP) is 3.35. The molecule has 0 aliphatic heterocycles. The minimum atomic E-state index is -4.11. The summed E-state index contributed by atoms with van der Waals surface area (Å²) in [6.45, 7) is 2.55. The van der Waals surface area contributed by atoms with Gasteiger partial charge in [0, 0.05) is 6.07 Å². The van der Waals surface area contributed by atoms with Crippen LogP contribution in [0.15, 0.2) is 41.3 Å². The molecule has 0 unspecified atom stereocenters. The maximum atomic E-state index is 13.8. The summed E-state index contributed by atoms with van der Waals surface area (Å²) in [7, 11) is -4.11. The number of benzene rings is 2. The van der Waals surface area contributed by atoms with Crippen molar-refractivity contribution in [3.8, 4) is 5.75 Å². The van der Waals surface area contributed by atoms with Gasteiger partial charge in [0.2, 0.25) is 11.6 Å². The molecule has 0 amide bonds. The van der Waals surface area contributed by atoms with Gasteiger partial charge in [0.05, 0.1) is 9.82 Å². The number of nitrogens with zero attached hydrogens (tertiary/aromatic N) is 1. The molecule has 0 aliphatic rings. The van der Waals surface area contributed by atoms with Gasteiger partial charge >= 0.3 is 5.69 Å². The Balaban J connectivity index is 2.12. The fraction of sp³-hybridized carbons (Fsp3) is 0.250. The van der Waals surface area contributed by atoms with Crippen molar-refractivity contribution in [2.24, 2.45) is 0 Å². The summed E-state index contributed by atoms with van der Waals surface area (Å²) in [5.41, 5.74) is 0.0757. The fourth-order valence-corrected chi connectivity index (χ4v) is 3.08. The molecule has 2 aromatic rings. The van der Waals surface area contributed by atoms with Gasteiger partial charge in [-0.05, 0) is 32.0 Å². The lowest BCUT2D eigenvalue weighted by molar-refractivity contribution is -0.386. The first-order valence-corrected chi connectivity index (χ1v) is 8.78. The largest absolute Gasteiger partial charge is 0.482 e. The minimum Gasteiger partial charge on any atom is -0.482 e. The number of ether oxygens (including phenoxy) is 1. The number of rotatable bonds is 7. The molecule has 0 radical (unpaired) electrons. The van der Waals surface area contributed by atoms with E-state index in [-0.39, 0.29) is 4.90 Å². The summed E-state index contributed by atoms with van der Waals surface area (Å²) in [6.07, 6.45) is -1.11. The van der Waals surface area contributed by atoms with Crippen LogP contribution >= 0.6 is 0 Å². The molecule has 2 rings (SSSR count). The molecule has 0 aromatic heterocycles. The van der Waals surface area contributed by atoms with Gasteiger partial charge < -0.3 is 4.74 Å². The van der Waals surface area contributed by atoms with E-state index < -0.39 is 50.8 Å². The van der Waals surface area contributed by atoms with Crippen LogP contribution in [0.3, 0.4) is 0 Å². The van der Waals surface area contributed by atoms with E-state index in [1.807, 2.05) is 0 Å². The quantitative estimate of drug-likeness (QED) is 0.411. The summed E-state index contributed by atoms with van der Waals surface area (Å²) in [5, 5.41) is 10.9. The zero-order chi connectivity index (χ0) is 19.5. The Labute approximate surface area is 148 Å². The van der Waals surface area contributed by atoms with Crippen molar-refractivity contribution in [1.29, 1.82) is 0 Å². The van der Waals surface area contributed by atoms with Gasteiger partial charge in [-0.25, -0.2) is 4.39 Å². The minimum absolute atomic E-state index is 0.0853. The third kappa shape index (κ3) is 4.52. The summed E-state index contributed by atoms with van der Waals surface area (Å²) < 4.78 is 61.1. The molecule has 0 saturated heterocycles. The molecular formula is C16H15F2NO6S. The average Bonchev–Trinajstić information content (AvgIpc) is 2.55. The standard InChI is InChI=1S/C16H15F2NO6S/c1-10-3-5-12(6-4-10)26(22,23)25-11(2)9-24-16-14(19(20)21)8-7-13(17)15(16)18/h3-8,11H,9H2,1-2H3/t11-/m1/s1. The van der Waals surface area contributed by atoms with Crippen LogP contribution in [0.5, 0.6) is 5.75 Å². The lowest BCUT2D eigenvalue weighted by Crippen LogP contribution is -2.23. The Kier molecular flexibility index (Phi) is 5.88. The van der Waals surface area contributed by atoms with Crippen LogP contribution in [-0.2, 0) is 14.3 Å². The molecule has 0 heterocycles. The smallest absolute Gasteiger partial charge is 0.314 e. The lowest BCUT2D eigenvalue weighted by atomic mass is 10.2. The number of hydrogen-bond donors (Lipinski definition) is 0. The Bertz CT molecular complexity index is 915. The number of nitro groups is 1. The monoisotopic (exact) mass is 387 g/mol. The van der Waals surface area contributed by atoms with Gasteiger partial charge in [-0.15, -0.1) is 0 Å². The Morgan fingerprint density at radius 3 is 2.35 bits per heavy atom. The maximum Gasteiger partial charge on any atom is 0.314 e. The van der Waals surface area contributed by atoms with E-state index in [0.29, 0.717) is 6.07 Å². The molecule has 140 valence electrons. The van der Waals surface area contributed by atoms with Crippen LogP contribution in [0.4, 0.5) is 14.5 Å². The van der Waals surface area contributed by atoms with Crippen molar-refractivity contribution in [2.45, 2.75) is 24.8 Å². The first-order chi connectivity index (χ1) is 12.1. The molecule has 0 N–H and O–H groups in total. The normalized spacial score (nSPS) is 12.6. The number of nitro benzene ring substituents is 1. The van der Waals surface area contributed by atoms with Crippen molar-refractivity contribution in [3.05, 3.63) is 63.7 Å². The van der Waals surface area contributed by atoms with Crippen LogP contribution in [0, 0.1) is 28.7 Å². The molecule has 10 heteroatoms. The van der Waals surface area contributed by atoms with Gasteiger partial charge in [0.1, 0.15) is 12.7 Å². The second-order valence-electron chi connectivity index (χ2n) is 5.45. The molecule has 0 spiro atoms. The van der Waals surface area contributed by atoms with Crippen LogP contribution in [-0.4, -0.2) is 26.1 Å². The highest BCUT2D eigenvalue weighted by atomic mass is 32.2. The van der Waals surface area contributed by atoms with Gasteiger partial charge in [0.15, 0.2) is 5.82 Å². The highest BCUT2D eigenvalue weighted by Gasteiger charge is 2.25. The number of aryl methyl sites for hydroxylation is 1. The first-order valence-electron chi connectivity index (χ1n) is 7.37. The van der Waals surface area contributed by atoms with Gasteiger partial charge in [-0.2, -0.15) is 12.8 Å². The number of hydrogen-bond acceptors (Lipinski definition) is 6. The number of halogens is 2. The van der Waals surface area contributed by atoms with E-state index in [2.05, 4.69) is 0 Å². The second-order valence-corrected chi connectivity index (χ2v) is 7.02. The van der Waals surface area contributed by atoms with Crippen LogP contribution in [0.2, 0.25) is 0 Å². The molecular weight excluding hydrogens is 372 g/mol. The molecule has 1 atom stereocenters. The van der Waals surface area contributed by atoms with Crippen molar-refractivity contribution in [2.75, 3.05) is 6.61 Å². The van der Waals surface area contributed by atoms with Crippen molar-refractivity contribution >= 4 is 15.8 Å². The van der Waals surface area contributed by atoms with E-state index in [4.69, 9.17) is 8.92 Å². The second kappa shape index (κ2) is 7.75. The summed E-state index contributed by atoms with van der Waals surface area (Å²) in [4.78, 5) is 9.86. The van der Waals surface area contributed by atoms with Crippen LogP contribution in [0.25, 0.3) is 0 Å². The van der Waals surface area contributed by atoms with Crippen LogP contribution in [0.1, 0.15) is 12.5 Å². The first kappa shape index (κ1) is 19.7. The molecule has 26 heavy (non-hydrogen) atoms. The van der Waals surface area contributed by atoms with E-state index >= 15 is 0 Å².